The maximum Gasteiger partial charge on any atom is 0.336 e. The highest BCUT2D eigenvalue weighted by Crippen LogP contribution is 2.16. The molecule has 0 saturated heterocycles. The molecule has 0 aromatic heterocycles. The lowest BCUT2D eigenvalue weighted by molar-refractivity contribution is -0.136. The summed E-state index contributed by atoms with van der Waals surface area (Å²) < 4.78 is 0. The molecule has 0 aliphatic rings. The Kier molecular flexibility index (Phi) is 3.24. The fourth-order valence-corrected chi connectivity index (χ4v) is 1.33. The standard InChI is InChI=1S/C10H8O6/c11-8(12)4-7-5(9(13)14)2-1-3-6(7)10(15)16/h1-3H,4H2,(H,11,12)(H,13,14)(H,15,16). The van der Waals surface area contributed by atoms with E-state index in [2.05, 4.69) is 0 Å². The van der Waals surface area contributed by atoms with Crippen molar-refractivity contribution >= 4 is 17.9 Å². The molecule has 0 saturated carbocycles. The molecule has 3 N–H and O–H groups in total. The molecule has 0 unspecified atom stereocenters. The molecule has 0 radical (unpaired) electrons. The Bertz CT molecular complexity index is 430. The molecule has 84 valence electrons. The topological polar surface area (TPSA) is 112 Å². The number of benzene rings is 1. The maximum absolute atomic E-state index is 10.8. The molecular weight excluding hydrogens is 216 g/mol. The Morgan fingerprint density at radius 1 is 0.938 bits per heavy atom. The second-order valence-electron chi connectivity index (χ2n) is 3.01. The van der Waals surface area contributed by atoms with Gasteiger partial charge in [0.05, 0.1) is 17.5 Å². The first-order chi connectivity index (χ1) is 7.43. The molecular formula is C10H8O6. The van der Waals surface area contributed by atoms with Crippen LogP contribution in [0, 0.1) is 0 Å². The van der Waals surface area contributed by atoms with Crippen LogP contribution in [0.5, 0.6) is 0 Å². The highest BCUT2D eigenvalue weighted by Gasteiger charge is 2.19. The van der Waals surface area contributed by atoms with Crippen LogP contribution in [0.1, 0.15) is 26.3 Å². The van der Waals surface area contributed by atoms with Crippen LogP contribution in [0.25, 0.3) is 0 Å². The zero-order valence-corrected chi connectivity index (χ0v) is 8.01. The average Bonchev–Trinajstić information content (AvgIpc) is 2.16. The van der Waals surface area contributed by atoms with Crippen LogP contribution in [-0.4, -0.2) is 33.2 Å². The molecule has 6 nitrogen and oxygen atoms in total. The molecule has 0 spiro atoms. The lowest BCUT2D eigenvalue weighted by Crippen LogP contribution is -2.13. The Balaban J connectivity index is 3.40. The van der Waals surface area contributed by atoms with E-state index in [1.165, 1.54) is 18.2 Å². The molecule has 6 heteroatoms. The predicted octanol–water partition coefficient (Wildman–Crippen LogP) is 0.710. The molecule has 0 fully saturated rings. The lowest BCUT2D eigenvalue weighted by Gasteiger charge is -2.07. The van der Waals surface area contributed by atoms with Gasteiger partial charge in [0.1, 0.15) is 0 Å². The first-order valence-electron chi connectivity index (χ1n) is 4.23. The predicted molar refractivity (Wildman–Crippen MR) is 51.7 cm³/mol. The third-order valence-corrected chi connectivity index (χ3v) is 1.96. The van der Waals surface area contributed by atoms with Crippen molar-refractivity contribution in [2.24, 2.45) is 0 Å². The van der Waals surface area contributed by atoms with Gasteiger partial charge in [-0.05, 0) is 17.7 Å². The largest absolute Gasteiger partial charge is 0.481 e. The number of hydrogen-bond acceptors (Lipinski definition) is 3. The van der Waals surface area contributed by atoms with E-state index < -0.39 is 24.3 Å². The second kappa shape index (κ2) is 4.43. The third kappa shape index (κ3) is 2.35. The van der Waals surface area contributed by atoms with Crippen molar-refractivity contribution in [1.29, 1.82) is 0 Å². The van der Waals surface area contributed by atoms with Crippen LogP contribution in [0.3, 0.4) is 0 Å². The third-order valence-electron chi connectivity index (χ3n) is 1.96. The zero-order chi connectivity index (χ0) is 12.3. The molecule has 16 heavy (non-hydrogen) atoms. The van der Waals surface area contributed by atoms with Gasteiger partial charge in [0.25, 0.3) is 0 Å². The van der Waals surface area contributed by atoms with Crippen LogP contribution >= 0.6 is 0 Å². The van der Waals surface area contributed by atoms with Crippen molar-refractivity contribution in [1.82, 2.24) is 0 Å². The summed E-state index contributed by atoms with van der Waals surface area (Å²) >= 11 is 0. The van der Waals surface area contributed by atoms with Crippen molar-refractivity contribution < 1.29 is 29.7 Å². The molecule has 1 aromatic carbocycles. The molecule has 1 rings (SSSR count). The van der Waals surface area contributed by atoms with Gasteiger partial charge in [-0.25, -0.2) is 9.59 Å². The first-order valence-corrected chi connectivity index (χ1v) is 4.23. The van der Waals surface area contributed by atoms with Gasteiger partial charge in [-0.15, -0.1) is 0 Å². The number of aromatic carboxylic acids is 2. The highest BCUT2D eigenvalue weighted by atomic mass is 16.4. The normalized spacial score (nSPS) is 9.75. The number of carbonyl (C=O) groups is 3. The van der Waals surface area contributed by atoms with E-state index in [-0.39, 0.29) is 16.7 Å². The summed E-state index contributed by atoms with van der Waals surface area (Å²) in [6, 6.07) is 3.61. The molecule has 0 aliphatic carbocycles. The monoisotopic (exact) mass is 224 g/mol. The van der Waals surface area contributed by atoms with Crippen molar-refractivity contribution in [3.8, 4) is 0 Å². The number of carboxylic acid groups (broad SMARTS) is 3. The van der Waals surface area contributed by atoms with E-state index in [9.17, 15) is 14.4 Å². The van der Waals surface area contributed by atoms with Gasteiger partial charge in [-0.2, -0.15) is 0 Å². The van der Waals surface area contributed by atoms with E-state index in [4.69, 9.17) is 15.3 Å². The van der Waals surface area contributed by atoms with Crippen molar-refractivity contribution in [2.75, 3.05) is 0 Å². The van der Waals surface area contributed by atoms with Gasteiger partial charge in [0.2, 0.25) is 0 Å². The Labute approximate surface area is 89.8 Å². The smallest absolute Gasteiger partial charge is 0.336 e. The summed E-state index contributed by atoms with van der Waals surface area (Å²) in [5.41, 5.74) is -0.806. The second-order valence-corrected chi connectivity index (χ2v) is 3.01. The summed E-state index contributed by atoms with van der Waals surface area (Å²) in [6.07, 6.45) is -0.635. The highest BCUT2D eigenvalue weighted by molar-refractivity contribution is 5.98. The summed E-state index contributed by atoms with van der Waals surface area (Å²) in [6.45, 7) is 0. The SMILES string of the molecule is O=C(O)Cc1c(C(=O)O)cccc1C(=O)O. The minimum atomic E-state index is -1.35. The van der Waals surface area contributed by atoms with Crippen LogP contribution < -0.4 is 0 Å². The van der Waals surface area contributed by atoms with E-state index in [1.807, 2.05) is 0 Å². The minimum absolute atomic E-state index is 0.199. The Morgan fingerprint density at radius 3 is 1.69 bits per heavy atom. The maximum atomic E-state index is 10.8. The fourth-order valence-electron chi connectivity index (χ4n) is 1.33. The van der Waals surface area contributed by atoms with E-state index in [0.717, 1.165) is 0 Å². The number of aliphatic carboxylic acids is 1. The van der Waals surface area contributed by atoms with Gasteiger partial charge in [0, 0.05) is 0 Å². The van der Waals surface area contributed by atoms with E-state index in [0.29, 0.717) is 0 Å². The van der Waals surface area contributed by atoms with Gasteiger partial charge in [-0.1, -0.05) is 6.07 Å². The summed E-state index contributed by atoms with van der Waals surface area (Å²) in [5, 5.41) is 26.2. The summed E-state index contributed by atoms with van der Waals surface area (Å²) in [4.78, 5) is 32.1. The number of hydrogen-bond donors (Lipinski definition) is 3. The van der Waals surface area contributed by atoms with Crippen LogP contribution in [0.15, 0.2) is 18.2 Å². The molecule has 0 heterocycles. The quantitative estimate of drug-likeness (QED) is 0.694. The van der Waals surface area contributed by atoms with E-state index in [1.54, 1.807) is 0 Å². The average molecular weight is 224 g/mol. The fraction of sp³-hybridized carbons (Fsp3) is 0.100. The molecule has 0 bridgehead atoms. The van der Waals surface area contributed by atoms with Gasteiger partial charge in [0.15, 0.2) is 0 Å². The van der Waals surface area contributed by atoms with Crippen molar-refractivity contribution in [3.63, 3.8) is 0 Å². The van der Waals surface area contributed by atoms with Gasteiger partial charge < -0.3 is 15.3 Å². The summed E-state index contributed by atoms with van der Waals surface area (Å²) in [5.74, 6) is -3.98. The Morgan fingerprint density at radius 2 is 1.38 bits per heavy atom. The lowest BCUT2D eigenvalue weighted by atomic mass is 9.98. The van der Waals surface area contributed by atoms with Gasteiger partial charge in [-0.3, -0.25) is 4.79 Å². The number of carboxylic acids is 3. The van der Waals surface area contributed by atoms with E-state index >= 15 is 0 Å². The zero-order valence-electron chi connectivity index (χ0n) is 8.01. The molecule has 0 aliphatic heterocycles. The Hall–Kier alpha value is -2.37. The molecule has 0 atom stereocenters. The number of rotatable bonds is 4. The minimum Gasteiger partial charge on any atom is -0.481 e. The van der Waals surface area contributed by atoms with Crippen LogP contribution in [0.2, 0.25) is 0 Å². The first kappa shape index (κ1) is 11.7. The van der Waals surface area contributed by atoms with Crippen LogP contribution in [-0.2, 0) is 11.2 Å². The van der Waals surface area contributed by atoms with Crippen molar-refractivity contribution in [2.45, 2.75) is 6.42 Å². The van der Waals surface area contributed by atoms with Gasteiger partial charge >= 0.3 is 17.9 Å². The molecule has 0 amide bonds. The summed E-state index contributed by atoms with van der Waals surface area (Å²) in [7, 11) is 0. The molecule has 1 aromatic rings. The van der Waals surface area contributed by atoms with Crippen LogP contribution in [0.4, 0.5) is 0 Å². The van der Waals surface area contributed by atoms with Crippen molar-refractivity contribution in [3.05, 3.63) is 34.9 Å².